The van der Waals surface area contributed by atoms with Gasteiger partial charge in [0.15, 0.2) is 0 Å². The molecule has 0 aliphatic carbocycles. The Labute approximate surface area is 75.9 Å². The van der Waals surface area contributed by atoms with Crippen LogP contribution in [0.5, 0.6) is 0 Å². The Balaban J connectivity index is 2.82. The summed E-state index contributed by atoms with van der Waals surface area (Å²) in [7, 11) is 0. The maximum absolute atomic E-state index is 11.2. The summed E-state index contributed by atoms with van der Waals surface area (Å²) in [5.41, 5.74) is 2.42. The van der Waals surface area contributed by atoms with Crippen molar-refractivity contribution >= 4 is 0 Å². The zero-order valence-electron chi connectivity index (χ0n) is 7.70. The molecule has 3 nitrogen and oxygen atoms in total. The van der Waals surface area contributed by atoms with Gasteiger partial charge in [0.05, 0.1) is 11.3 Å². The van der Waals surface area contributed by atoms with Crippen LogP contribution >= 0.6 is 0 Å². The highest BCUT2D eigenvalue weighted by Crippen LogP contribution is 2.20. The molecule has 3 heteroatoms. The van der Waals surface area contributed by atoms with Gasteiger partial charge in [-0.25, -0.2) is 4.79 Å². The summed E-state index contributed by atoms with van der Waals surface area (Å²) < 4.78 is 6.89. The summed E-state index contributed by atoms with van der Waals surface area (Å²) in [6.45, 7) is 4.91. The van der Waals surface area contributed by atoms with Gasteiger partial charge in [0.25, 0.3) is 0 Å². The molecule has 0 unspecified atom stereocenters. The molecule has 0 bridgehead atoms. The first kappa shape index (κ1) is 8.10. The fourth-order valence-electron chi connectivity index (χ4n) is 1.61. The minimum absolute atomic E-state index is 0.253. The van der Waals surface area contributed by atoms with E-state index < -0.39 is 0 Å². The summed E-state index contributed by atoms with van der Waals surface area (Å²) in [4.78, 5) is 11.2. The molecule has 0 atom stereocenters. The predicted molar refractivity (Wildman–Crippen MR) is 50.0 cm³/mol. The van der Waals surface area contributed by atoms with Crippen molar-refractivity contribution in [1.29, 1.82) is 0 Å². The monoisotopic (exact) mass is 177 g/mol. The number of rotatable bonds is 1. The van der Waals surface area contributed by atoms with Crippen molar-refractivity contribution in [2.24, 2.45) is 0 Å². The van der Waals surface area contributed by atoms with E-state index in [4.69, 9.17) is 4.42 Å². The highest BCUT2D eigenvalue weighted by atomic mass is 16.4. The van der Waals surface area contributed by atoms with Crippen LogP contribution in [0.2, 0.25) is 0 Å². The predicted octanol–water partition coefficient (Wildman–Crippen LogP) is 1.87. The van der Waals surface area contributed by atoms with Crippen molar-refractivity contribution in [3.05, 3.63) is 34.5 Å². The number of nitrogens with zero attached hydrogens (tertiary/aromatic N) is 1. The average Bonchev–Trinajstić information content (AvgIpc) is 2.48. The Morgan fingerprint density at radius 1 is 1.46 bits per heavy atom. The zero-order chi connectivity index (χ0) is 9.42. The Morgan fingerprint density at radius 3 is 2.92 bits per heavy atom. The van der Waals surface area contributed by atoms with E-state index in [9.17, 15) is 4.79 Å². The van der Waals surface area contributed by atoms with Crippen LogP contribution in [0.15, 0.2) is 27.6 Å². The molecule has 0 saturated heterocycles. The third-order valence-corrected chi connectivity index (χ3v) is 2.30. The lowest BCUT2D eigenvalue weighted by Gasteiger charge is -2.11. The molecule has 68 valence electrons. The summed E-state index contributed by atoms with van der Waals surface area (Å²) in [6, 6.07) is 3.74. The van der Waals surface area contributed by atoms with Crippen LogP contribution in [0.1, 0.15) is 12.6 Å². The van der Waals surface area contributed by atoms with Crippen molar-refractivity contribution in [2.45, 2.75) is 20.4 Å². The number of furan rings is 1. The highest BCUT2D eigenvalue weighted by molar-refractivity contribution is 5.59. The summed E-state index contributed by atoms with van der Waals surface area (Å²) >= 11 is 0. The molecule has 0 fully saturated rings. The van der Waals surface area contributed by atoms with E-state index in [1.54, 1.807) is 0 Å². The van der Waals surface area contributed by atoms with Gasteiger partial charge in [-0.05, 0) is 26.0 Å². The van der Waals surface area contributed by atoms with E-state index in [1.165, 1.54) is 6.26 Å². The lowest BCUT2D eigenvalue weighted by Crippen LogP contribution is -2.07. The molecule has 0 amide bonds. The third kappa shape index (κ3) is 1.08. The van der Waals surface area contributed by atoms with E-state index in [1.807, 2.05) is 26.0 Å². The minimum atomic E-state index is -0.253. The summed E-state index contributed by atoms with van der Waals surface area (Å²) in [5, 5.41) is 0. The quantitative estimate of drug-likeness (QED) is 0.666. The first-order valence-corrected chi connectivity index (χ1v) is 4.31. The van der Waals surface area contributed by atoms with Gasteiger partial charge >= 0.3 is 5.63 Å². The molecule has 0 aromatic rings. The van der Waals surface area contributed by atoms with Crippen molar-refractivity contribution in [2.75, 3.05) is 0 Å². The van der Waals surface area contributed by atoms with Crippen molar-refractivity contribution in [1.82, 2.24) is 4.57 Å². The van der Waals surface area contributed by atoms with Gasteiger partial charge < -0.3 is 8.98 Å². The second kappa shape index (κ2) is 2.76. The van der Waals surface area contributed by atoms with E-state index in [2.05, 4.69) is 4.57 Å². The van der Waals surface area contributed by atoms with Gasteiger partial charge in [0.2, 0.25) is 0 Å². The largest absolute Gasteiger partial charge is 0.429 e. The molecule has 0 radical (unpaired) electrons. The smallest absolute Gasteiger partial charge is 0.345 e. The van der Waals surface area contributed by atoms with Crippen LogP contribution in [0.4, 0.5) is 0 Å². The first-order chi connectivity index (χ1) is 6.24. The van der Waals surface area contributed by atoms with E-state index >= 15 is 0 Å². The molecular formula is C10H11NO2. The van der Waals surface area contributed by atoms with Crippen LogP contribution < -0.4 is 5.63 Å². The third-order valence-electron chi connectivity index (χ3n) is 2.30. The second-order valence-electron chi connectivity index (χ2n) is 3.04. The van der Waals surface area contributed by atoms with Crippen molar-refractivity contribution in [3.8, 4) is 11.3 Å². The maximum atomic E-state index is 11.2. The van der Waals surface area contributed by atoms with Gasteiger partial charge in [-0.15, -0.1) is 0 Å². The molecule has 0 saturated carbocycles. The fourth-order valence-corrected chi connectivity index (χ4v) is 1.61. The Bertz CT molecular complexity index is 453. The fraction of sp³-hybridized carbons (Fsp3) is 0.300. The normalized spacial score (nSPS) is 10.9. The van der Waals surface area contributed by atoms with Gasteiger partial charge in [0.1, 0.15) is 6.26 Å². The number of aryl methyl sites for hydroxylation is 1. The molecule has 0 aromatic heterocycles. The van der Waals surface area contributed by atoms with Gasteiger partial charge in [0, 0.05) is 12.2 Å². The number of aromatic nitrogens is 1. The Morgan fingerprint density at radius 2 is 2.23 bits per heavy atom. The van der Waals surface area contributed by atoms with Crippen molar-refractivity contribution in [3.63, 3.8) is 0 Å². The van der Waals surface area contributed by atoms with Crippen LogP contribution in [0, 0.1) is 6.92 Å². The van der Waals surface area contributed by atoms with Crippen LogP contribution in [0.3, 0.4) is 0 Å². The number of fused-ring (bicyclic) bond motifs is 1. The lowest BCUT2D eigenvalue weighted by molar-refractivity contribution is 0.530. The van der Waals surface area contributed by atoms with Crippen molar-refractivity contribution < 1.29 is 4.42 Å². The van der Waals surface area contributed by atoms with E-state index in [-0.39, 0.29) is 5.63 Å². The van der Waals surface area contributed by atoms with E-state index in [0.717, 1.165) is 17.9 Å². The number of pyridine rings is 1. The van der Waals surface area contributed by atoms with Gasteiger partial charge in [-0.2, -0.15) is 0 Å². The molecule has 2 aliphatic heterocycles. The van der Waals surface area contributed by atoms with Gasteiger partial charge in [-0.3, -0.25) is 0 Å². The number of hydrogen-bond acceptors (Lipinski definition) is 2. The molecule has 2 aliphatic rings. The summed E-state index contributed by atoms with van der Waals surface area (Å²) in [6.07, 6.45) is 1.52. The molecule has 0 spiro atoms. The highest BCUT2D eigenvalue weighted by Gasteiger charge is 2.13. The number of hydrogen-bond donors (Lipinski definition) is 0. The zero-order valence-corrected chi connectivity index (χ0v) is 7.70. The van der Waals surface area contributed by atoms with Crippen LogP contribution in [-0.4, -0.2) is 4.57 Å². The lowest BCUT2D eigenvalue weighted by atomic mass is 10.2. The van der Waals surface area contributed by atoms with E-state index in [0.29, 0.717) is 5.56 Å². The first-order valence-electron chi connectivity index (χ1n) is 4.31. The SMILES string of the molecule is CCn1c(C)ccc2c(=O)occ1-2. The molecule has 2 rings (SSSR count). The molecule has 13 heavy (non-hydrogen) atoms. The average molecular weight is 177 g/mol. The molecule has 0 aromatic carbocycles. The topological polar surface area (TPSA) is 35.1 Å². The van der Waals surface area contributed by atoms with Gasteiger partial charge in [-0.1, -0.05) is 0 Å². The second-order valence-corrected chi connectivity index (χ2v) is 3.04. The summed E-state index contributed by atoms with van der Waals surface area (Å²) in [5.74, 6) is 0. The van der Waals surface area contributed by atoms with Crippen LogP contribution in [-0.2, 0) is 6.54 Å². The maximum Gasteiger partial charge on any atom is 0.345 e. The van der Waals surface area contributed by atoms with Crippen LogP contribution in [0.25, 0.3) is 11.3 Å². The molecule has 2 heterocycles. The Hall–Kier alpha value is -1.51. The standard InChI is InChI=1S/C10H11NO2/c1-3-11-7(2)4-5-8-9(11)6-13-10(8)12/h4-6H,3H2,1-2H3. The minimum Gasteiger partial charge on any atom is -0.429 e. The molecular weight excluding hydrogens is 166 g/mol. The molecule has 0 N–H and O–H groups in total. The Kier molecular flexibility index (Phi) is 1.72.